The van der Waals surface area contributed by atoms with Gasteiger partial charge in [-0.25, -0.2) is 9.97 Å². The van der Waals surface area contributed by atoms with Gasteiger partial charge in [0.1, 0.15) is 5.82 Å². The van der Waals surface area contributed by atoms with Crippen LogP contribution < -0.4 is 5.32 Å². The highest BCUT2D eigenvalue weighted by Gasteiger charge is 2.19. The molecule has 2 heterocycles. The molecule has 3 nitrogen and oxygen atoms in total. The van der Waals surface area contributed by atoms with Gasteiger partial charge in [-0.15, -0.1) is 0 Å². The first kappa shape index (κ1) is 11.8. The summed E-state index contributed by atoms with van der Waals surface area (Å²) in [6, 6.07) is 10.1. The Morgan fingerprint density at radius 3 is 2.89 bits per heavy atom. The largest absolute Gasteiger partial charge is 0.316 e. The smallest absolute Gasteiger partial charge is 0.133 e. The summed E-state index contributed by atoms with van der Waals surface area (Å²) in [6.45, 7) is 2.05. The van der Waals surface area contributed by atoms with Crippen molar-refractivity contribution in [2.45, 2.75) is 12.3 Å². The standard InChI is InChI=1S/C14H14BrN3/c15-12-4-2-1-3-11(12)13-6-8-17-14(18-13)10-5-7-16-9-10/h1-4,6,8,10,16H,5,7,9H2. The molecule has 92 valence electrons. The van der Waals surface area contributed by atoms with Crippen LogP contribution in [0.1, 0.15) is 18.2 Å². The lowest BCUT2D eigenvalue weighted by molar-refractivity contribution is 0.703. The molecule has 3 rings (SSSR count). The molecular weight excluding hydrogens is 290 g/mol. The molecule has 1 saturated heterocycles. The zero-order valence-corrected chi connectivity index (χ0v) is 11.5. The Labute approximate surface area is 115 Å². The van der Waals surface area contributed by atoms with Gasteiger partial charge in [0, 0.05) is 28.7 Å². The van der Waals surface area contributed by atoms with Crippen molar-refractivity contribution in [3.05, 3.63) is 46.8 Å². The number of halogens is 1. The zero-order chi connectivity index (χ0) is 12.4. The number of hydrogen-bond donors (Lipinski definition) is 1. The third-order valence-electron chi connectivity index (χ3n) is 3.25. The van der Waals surface area contributed by atoms with E-state index in [0.717, 1.165) is 41.1 Å². The Hall–Kier alpha value is -1.26. The van der Waals surface area contributed by atoms with Crippen LogP contribution in [0.3, 0.4) is 0 Å². The molecule has 1 atom stereocenters. The van der Waals surface area contributed by atoms with Crippen molar-refractivity contribution in [1.29, 1.82) is 0 Å². The molecule has 1 aliphatic rings. The van der Waals surface area contributed by atoms with Crippen LogP contribution in [0.5, 0.6) is 0 Å². The Bertz CT molecular complexity index is 550. The summed E-state index contributed by atoms with van der Waals surface area (Å²) in [5.41, 5.74) is 2.10. The third-order valence-corrected chi connectivity index (χ3v) is 3.94. The first-order valence-electron chi connectivity index (χ1n) is 6.13. The number of hydrogen-bond acceptors (Lipinski definition) is 3. The topological polar surface area (TPSA) is 37.8 Å². The number of rotatable bonds is 2. The lowest BCUT2D eigenvalue weighted by atomic mass is 10.1. The minimum atomic E-state index is 0.451. The van der Waals surface area contributed by atoms with Crippen LogP contribution in [0, 0.1) is 0 Å². The number of nitrogens with one attached hydrogen (secondary N) is 1. The van der Waals surface area contributed by atoms with E-state index in [0.29, 0.717) is 5.92 Å². The SMILES string of the molecule is Brc1ccccc1-c1ccnc(C2CCNC2)n1. The normalized spacial score (nSPS) is 19.1. The monoisotopic (exact) mass is 303 g/mol. The van der Waals surface area contributed by atoms with E-state index in [1.54, 1.807) is 0 Å². The summed E-state index contributed by atoms with van der Waals surface area (Å²) in [5.74, 6) is 1.40. The minimum absolute atomic E-state index is 0.451. The molecule has 1 N–H and O–H groups in total. The first-order valence-corrected chi connectivity index (χ1v) is 6.92. The van der Waals surface area contributed by atoms with Gasteiger partial charge in [0.05, 0.1) is 5.69 Å². The molecule has 2 aromatic rings. The van der Waals surface area contributed by atoms with Crippen molar-refractivity contribution < 1.29 is 0 Å². The molecule has 0 radical (unpaired) electrons. The number of aromatic nitrogens is 2. The zero-order valence-electron chi connectivity index (χ0n) is 9.94. The van der Waals surface area contributed by atoms with Crippen LogP contribution in [0.15, 0.2) is 41.0 Å². The summed E-state index contributed by atoms with van der Waals surface area (Å²) >= 11 is 3.57. The molecule has 1 aromatic heterocycles. The van der Waals surface area contributed by atoms with Gasteiger partial charge in [-0.05, 0) is 25.1 Å². The highest BCUT2D eigenvalue weighted by molar-refractivity contribution is 9.10. The van der Waals surface area contributed by atoms with E-state index < -0.39 is 0 Å². The fraction of sp³-hybridized carbons (Fsp3) is 0.286. The molecule has 1 aromatic carbocycles. The fourth-order valence-corrected chi connectivity index (χ4v) is 2.75. The van der Waals surface area contributed by atoms with Crippen LogP contribution in [-0.2, 0) is 0 Å². The quantitative estimate of drug-likeness (QED) is 0.927. The molecule has 0 aliphatic carbocycles. The molecule has 0 amide bonds. The average molecular weight is 304 g/mol. The molecular formula is C14H14BrN3. The first-order chi connectivity index (χ1) is 8.84. The van der Waals surface area contributed by atoms with E-state index in [9.17, 15) is 0 Å². The maximum atomic E-state index is 4.70. The maximum absolute atomic E-state index is 4.70. The van der Waals surface area contributed by atoms with Crippen LogP contribution in [-0.4, -0.2) is 23.1 Å². The summed E-state index contributed by atoms with van der Waals surface area (Å²) in [7, 11) is 0. The predicted molar refractivity (Wildman–Crippen MR) is 75.4 cm³/mol. The summed E-state index contributed by atoms with van der Waals surface area (Å²) < 4.78 is 1.07. The van der Waals surface area contributed by atoms with Crippen LogP contribution >= 0.6 is 15.9 Å². The Morgan fingerprint density at radius 1 is 1.22 bits per heavy atom. The highest BCUT2D eigenvalue weighted by Crippen LogP contribution is 2.27. The molecule has 1 unspecified atom stereocenters. The van der Waals surface area contributed by atoms with Crippen LogP contribution in [0.4, 0.5) is 0 Å². The molecule has 1 aliphatic heterocycles. The Morgan fingerprint density at radius 2 is 2.11 bits per heavy atom. The molecule has 4 heteroatoms. The van der Waals surface area contributed by atoms with E-state index in [-0.39, 0.29) is 0 Å². The van der Waals surface area contributed by atoms with Crippen molar-refractivity contribution in [1.82, 2.24) is 15.3 Å². The van der Waals surface area contributed by atoms with Crippen molar-refractivity contribution in [2.24, 2.45) is 0 Å². The Kier molecular flexibility index (Phi) is 3.39. The van der Waals surface area contributed by atoms with E-state index in [4.69, 9.17) is 4.98 Å². The van der Waals surface area contributed by atoms with Gasteiger partial charge in [-0.2, -0.15) is 0 Å². The molecule has 18 heavy (non-hydrogen) atoms. The van der Waals surface area contributed by atoms with Gasteiger partial charge in [-0.1, -0.05) is 34.1 Å². The molecule has 0 spiro atoms. The summed E-state index contributed by atoms with van der Waals surface area (Å²) in [6.07, 6.45) is 2.98. The number of benzene rings is 1. The van der Waals surface area contributed by atoms with Crippen LogP contribution in [0.25, 0.3) is 11.3 Å². The van der Waals surface area contributed by atoms with Gasteiger partial charge in [0.2, 0.25) is 0 Å². The second-order valence-electron chi connectivity index (χ2n) is 4.47. The van der Waals surface area contributed by atoms with Gasteiger partial charge in [0.15, 0.2) is 0 Å². The third kappa shape index (κ3) is 2.31. The molecule has 0 bridgehead atoms. The van der Waals surface area contributed by atoms with Gasteiger partial charge >= 0.3 is 0 Å². The van der Waals surface area contributed by atoms with Gasteiger partial charge in [0.25, 0.3) is 0 Å². The summed E-state index contributed by atoms with van der Waals surface area (Å²) in [4.78, 5) is 9.11. The lowest BCUT2D eigenvalue weighted by Gasteiger charge is -2.09. The Balaban J connectivity index is 1.98. The van der Waals surface area contributed by atoms with Crippen molar-refractivity contribution in [3.8, 4) is 11.3 Å². The lowest BCUT2D eigenvalue weighted by Crippen LogP contribution is -2.10. The van der Waals surface area contributed by atoms with E-state index >= 15 is 0 Å². The van der Waals surface area contributed by atoms with Crippen molar-refractivity contribution in [3.63, 3.8) is 0 Å². The fourth-order valence-electron chi connectivity index (χ4n) is 2.26. The second kappa shape index (κ2) is 5.16. The highest BCUT2D eigenvalue weighted by atomic mass is 79.9. The van der Waals surface area contributed by atoms with Crippen molar-refractivity contribution in [2.75, 3.05) is 13.1 Å². The van der Waals surface area contributed by atoms with E-state index in [1.165, 1.54) is 0 Å². The minimum Gasteiger partial charge on any atom is -0.316 e. The van der Waals surface area contributed by atoms with E-state index in [1.807, 2.05) is 30.5 Å². The molecule has 0 saturated carbocycles. The predicted octanol–water partition coefficient (Wildman–Crippen LogP) is 2.98. The molecule has 1 fully saturated rings. The number of nitrogens with zero attached hydrogens (tertiary/aromatic N) is 2. The van der Waals surface area contributed by atoms with E-state index in [2.05, 4.69) is 32.3 Å². The maximum Gasteiger partial charge on any atom is 0.133 e. The second-order valence-corrected chi connectivity index (χ2v) is 5.32. The van der Waals surface area contributed by atoms with Crippen molar-refractivity contribution >= 4 is 15.9 Å². The van der Waals surface area contributed by atoms with Crippen LogP contribution in [0.2, 0.25) is 0 Å². The van der Waals surface area contributed by atoms with Gasteiger partial charge in [-0.3, -0.25) is 0 Å². The summed E-state index contributed by atoms with van der Waals surface area (Å²) in [5, 5.41) is 3.35. The van der Waals surface area contributed by atoms with Gasteiger partial charge < -0.3 is 5.32 Å². The average Bonchev–Trinajstić information content (AvgIpc) is 2.93.